The monoisotopic (exact) mass is 427 g/mol. The number of nitrogens with zero attached hydrogens (tertiary/aromatic N) is 1. The largest absolute Gasteiger partial charge is 0.501 e. The summed E-state index contributed by atoms with van der Waals surface area (Å²) in [6.45, 7) is 3.16. The van der Waals surface area contributed by atoms with Crippen LogP contribution in [0.5, 0.6) is 11.5 Å². The van der Waals surface area contributed by atoms with E-state index in [9.17, 15) is 9.59 Å². The number of methoxy groups -OCH3 is 2. The third kappa shape index (κ3) is 3.51. The molecular formula is C24H29NO6. The van der Waals surface area contributed by atoms with Gasteiger partial charge in [-0.1, -0.05) is 6.07 Å². The molecule has 1 heterocycles. The Hall–Kier alpha value is -2.80. The van der Waals surface area contributed by atoms with Crippen LogP contribution < -0.4 is 9.47 Å². The molecule has 7 nitrogen and oxygen atoms in total. The van der Waals surface area contributed by atoms with Crippen molar-refractivity contribution in [3.63, 3.8) is 0 Å². The number of rotatable bonds is 6. The van der Waals surface area contributed by atoms with Gasteiger partial charge in [-0.2, -0.15) is 0 Å². The van der Waals surface area contributed by atoms with E-state index in [2.05, 4.69) is 11.9 Å². The molecule has 3 atom stereocenters. The van der Waals surface area contributed by atoms with Gasteiger partial charge >= 0.3 is 5.97 Å². The first kappa shape index (κ1) is 21.4. The fourth-order valence-electron chi connectivity index (χ4n) is 5.44. The van der Waals surface area contributed by atoms with Crippen LogP contribution in [-0.4, -0.2) is 57.1 Å². The van der Waals surface area contributed by atoms with Crippen LogP contribution in [0.1, 0.15) is 30.9 Å². The van der Waals surface area contributed by atoms with E-state index in [1.807, 2.05) is 25.1 Å². The zero-order valence-corrected chi connectivity index (χ0v) is 18.5. The van der Waals surface area contributed by atoms with Crippen molar-refractivity contribution < 1.29 is 28.5 Å². The van der Waals surface area contributed by atoms with Crippen LogP contribution in [0.2, 0.25) is 0 Å². The van der Waals surface area contributed by atoms with E-state index in [1.165, 1.54) is 12.3 Å². The van der Waals surface area contributed by atoms with Crippen LogP contribution in [0.15, 0.2) is 36.3 Å². The second-order valence-corrected chi connectivity index (χ2v) is 8.33. The van der Waals surface area contributed by atoms with Crippen molar-refractivity contribution in [2.24, 2.45) is 5.92 Å². The molecule has 2 bridgehead atoms. The highest BCUT2D eigenvalue weighted by atomic mass is 16.6. The molecule has 0 unspecified atom stereocenters. The van der Waals surface area contributed by atoms with Gasteiger partial charge in [-0.25, -0.2) is 4.79 Å². The number of likely N-dealkylation sites (tertiary alicyclic amines) is 1. The zero-order chi connectivity index (χ0) is 22.2. The van der Waals surface area contributed by atoms with Crippen LogP contribution in [-0.2, 0) is 30.9 Å². The van der Waals surface area contributed by atoms with Crippen molar-refractivity contribution >= 4 is 11.8 Å². The SMILES string of the molecule is CCO/C=C/C(=O)Oc1c(OC)ccc2c1[C@@]13CCN(C)[C@@H](C2)[C@H]1C=C(OC)C(=O)C3. The molecule has 7 heteroatoms. The summed E-state index contributed by atoms with van der Waals surface area (Å²) in [4.78, 5) is 27.8. The maximum atomic E-state index is 13.0. The number of ether oxygens (including phenoxy) is 4. The lowest BCUT2D eigenvalue weighted by Crippen LogP contribution is -2.60. The van der Waals surface area contributed by atoms with Crippen molar-refractivity contribution in [1.82, 2.24) is 4.90 Å². The van der Waals surface area contributed by atoms with Crippen LogP contribution in [0.4, 0.5) is 0 Å². The molecular weight excluding hydrogens is 398 g/mol. The minimum Gasteiger partial charge on any atom is -0.501 e. The maximum absolute atomic E-state index is 13.0. The van der Waals surface area contributed by atoms with Crippen LogP contribution in [0.25, 0.3) is 0 Å². The number of piperidine rings is 1. The number of hydrogen-bond acceptors (Lipinski definition) is 7. The second kappa shape index (κ2) is 8.38. The van der Waals surface area contributed by atoms with E-state index in [1.54, 1.807) is 14.2 Å². The number of likely N-dealkylation sites (N-methyl/N-ethyl adjacent to an activating group) is 1. The molecule has 1 aromatic carbocycles. The maximum Gasteiger partial charge on any atom is 0.339 e. The second-order valence-electron chi connectivity index (χ2n) is 8.33. The summed E-state index contributed by atoms with van der Waals surface area (Å²) in [5.74, 6) is 0.822. The van der Waals surface area contributed by atoms with Crippen molar-refractivity contribution in [2.45, 2.75) is 37.6 Å². The van der Waals surface area contributed by atoms with Gasteiger partial charge in [-0.05, 0) is 51.1 Å². The van der Waals surface area contributed by atoms with E-state index in [4.69, 9.17) is 18.9 Å². The summed E-state index contributed by atoms with van der Waals surface area (Å²) >= 11 is 0. The fourth-order valence-corrected chi connectivity index (χ4v) is 5.44. The molecule has 0 aromatic heterocycles. The average Bonchev–Trinajstić information content (AvgIpc) is 2.75. The summed E-state index contributed by atoms with van der Waals surface area (Å²) in [6, 6.07) is 4.11. The van der Waals surface area contributed by atoms with Gasteiger partial charge in [0.2, 0.25) is 0 Å². The highest BCUT2D eigenvalue weighted by Gasteiger charge is 2.56. The van der Waals surface area contributed by atoms with Crippen LogP contribution in [0, 0.1) is 5.92 Å². The molecule has 31 heavy (non-hydrogen) atoms. The Morgan fingerprint density at radius 2 is 2.10 bits per heavy atom. The Morgan fingerprint density at radius 3 is 2.81 bits per heavy atom. The predicted molar refractivity (Wildman–Crippen MR) is 114 cm³/mol. The van der Waals surface area contributed by atoms with Crippen molar-refractivity contribution in [2.75, 3.05) is 34.4 Å². The number of esters is 1. The third-order valence-corrected chi connectivity index (χ3v) is 6.86. The fraction of sp³-hybridized carbons (Fsp3) is 0.500. The van der Waals surface area contributed by atoms with Gasteiger partial charge in [0, 0.05) is 29.4 Å². The van der Waals surface area contributed by atoms with Gasteiger partial charge in [0.1, 0.15) is 0 Å². The molecule has 1 aromatic rings. The lowest BCUT2D eigenvalue weighted by molar-refractivity contribution is -0.129. The van der Waals surface area contributed by atoms with Gasteiger partial charge in [0.15, 0.2) is 23.0 Å². The van der Waals surface area contributed by atoms with Crippen LogP contribution >= 0.6 is 0 Å². The minimum absolute atomic E-state index is 0.0220. The molecule has 166 valence electrons. The molecule has 0 radical (unpaired) electrons. The van der Waals surface area contributed by atoms with Crippen LogP contribution in [0.3, 0.4) is 0 Å². The molecule has 0 N–H and O–H groups in total. The Bertz CT molecular complexity index is 952. The predicted octanol–water partition coefficient (Wildman–Crippen LogP) is 2.77. The molecule has 4 rings (SSSR count). The first-order chi connectivity index (χ1) is 14.9. The summed E-state index contributed by atoms with van der Waals surface area (Å²) in [6.07, 6.45) is 6.46. The molecule has 1 fully saturated rings. The van der Waals surface area contributed by atoms with E-state index in [0.29, 0.717) is 30.3 Å². The van der Waals surface area contributed by atoms with Gasteiger partial charge in [-0.15, -0.1) is 0 Å². The number of allylic oxidation sites excluding steroid dienone is 1. The number of fused-ring (bicyclic) bond motifs is 1. The van der Waals surface area contributed by atoms with E-state index < -0.39 is 11.4 Å². The number of Topliss-reactive ketones (excluding diaryl/α,β-unsaturated/α-hetero) is 1. The van der Waals surface area contributed by atoms with Crippen molar-refractivity contribution in [1.29, 1.82) is 0 Å². The summed E-state index contributed by atoms with van der Waals surface area (Å²) < 4.78 is 21.9. The summed E-state index contributed by atoms with van der Waals surface area (Å²) in [5, 5.41) is 0. The van der Waals surface area contributed by atoms with Crippen molar-refractivity contribution in [3.05, 3.63) is 47.4 Å². The van der Waals surface area contributed by atoms with E-state index in [-0.39, 0.29) is 17.7 Å². The van der Waals surface area contributed by atoms with Crippen molar-refractivity contribution in [3.8, 4) is 11.5 Å². The minimum atomic E-state index is -0.543. The summed E-state index contributed by atoms with van der Waals surface area (Å²) in [5.41, 5.74) is 1.55. The highest BCUT2D eigenvalue weighted by molar-refractivity contribution is 5.96. The van der Waals surface area contributed by atoms with E-state index in [0.717, 1.165) is 30.5 Å². The molecule has 3 aliphatic rings. The molecule has 1 aliphatic heterocycles. The normalized spacial score (nSPS) is 27.2. The average molecular weight is 427 g/mol. The quantitative estimate of drug-likeness (QED) is 0.299. The molecule has 0 spiro atoms. The first-order valence-corrected chi connectivity index (χ1v) is 10.6. The first-order valence-electron chi connectivity index (χ1n) is 10.6. The highest BCUT2D eigenvalue weighted by Crippen LogP contribution is 2.58. The smallest absolute Gasteiger partial charge is 0.339 e. The number of hydrogen-bond donors (Lipinski definition) is 0. The molecule has 1 saturated heterocycles. The topological polar surface area (TPSA) is 74.3 Å². The van der Waals surface area contributed by atoms with E-state index >= 15 is 0 Å². The standard InChI is InChI=1S/C24H29NO6/c1-5-30-11-8-21(27)31-23-19(28-3)7-6-15-12-17-16-13-20(29-4)18(26)14-24(16,22(15)23)9-10-25(17)2/h6-8,11,13,16-17H,5,9-10,12,14H2,1-4H3/b11-8+/t16-,17+,24-/m1/s1. The molecule has 2 aliphatic carbocycles. The Morgan fingerprint density at radius 1 is 1.29 bits per heavy atom. The van der Waals surface area contributed by atoms with Gasteiger partial charge < -0.3 is 23.8 Å². The third-order valence-electron chi connectivity index (χ3n) is 6.86. The summed E-state index contributed by atoms with van der Waals surface area (Å²) in [7, 11) is 5.22. The number of carbonyl (C=O) groups excluding carboxylic acids is 2. The van der Waals surface area contributed by atoms with Gasteiger partial charge in [0.05, 0.1) is 33.2 Å². The van der Waals surface area contributed by atoms with Gasteiger partial charge in [0.25, 0.3) is 0 Å². The molecule has 0 saturated carbocycles. The zero-order valence-electron chi connectivity index (χ0n) is 18.5. The lowest BCUT2D eigenvalue weighted by Gasteiger charge is -2.56. The Kier molecular flexibility index (Phi) is 5.79. The van der Waals surface area contributed by atoms with Gasteiger partial charge in [-0.3, -0.25) is 4.79 Å². The Balaban J connectivity index is 1.86. The number of carbonyl (C=O) groups is 2. The molecule has 0 amide bonds. The number of benzene rings is 1. The lowest BCUT2D eigenvalue weighted by atomic mass is 9.53. The number of ketones is 1. The Labute approximate surface area is 182 Å².